The average Bonchev–Trinajstić information content (AvgIpc) is 2.29. The lowest BCUT2D eigenvalue weighted by Crippen LogP contribution is -2.28. The molecule has 1 aromatic rings. The number of carbonyl (C=O) groups is 1. The minimum Gasteiger partial charge on any atom is -0.350 e. The van der Waals surface area contributed by atoms with Gasteiger partial charge >= 0.3 is 0 Å². The molecule has 1 N–H and O–H groups in total. The standard InChI is InChI=1S/C15H21NO/c1-13(2)16-15(17)12-8-4-7-11-14-9-5-3-6-10-14/h3,5-6,8-10,12-13H,4,7,11H2,1-2H3,(H,16,17). The Kier molecular flexibility index (Phi) is 6.08. The molecule has 0 aliphatic rings. The summed E-state index contributed by atoms with van der Waals surface area (Å²) in [6.07, 6.45) is 6.67. The molecule has 17 heavy (non-hydrogen) atoms. The third-order valence-corrected chi connectivity index (χ3v) is 2.38. The van der Waals surface area contributed by atoms with Gasteiger partial charge in [-0.3, -0.25) is 4.79 Å². The summed E-state index contributed by atoms with van der Waals surface area (Å²) in [6.45, 7) is 3.92. The molecule has 0 fully saturated rings. The predicted molar refractivity (Wildman–Crippen MR) is 71.8 cm³/mol. The Hall–Kier alpha value is -1.57. The Bertz CT molecular complexity index is 354. The minimum absolute atomic E-state index is 0.000267. The van der Waals surface area contributed by atoms with Crippen molar-refractivity contribution < 1.29 is 4.79 Å². The Morgan fingerprint density at radius 1 is 1.29 bits per heavy atom. The monoisotopic (exact) mass is 231 g/mol. The minimum atomic E-state index is -0.000267. The number of nitrogens with one attached hydrogen (secondary N) is 1. The van der Waals surface area contributed by atoms with Gasteiger partial charge in [0.15, 0.2) is 0 Å². The highest BCUT2D eigenvalue weighted by atomic mass is 16.1. The maximum Gasteiger partial charge on any atom is 0.243 e. The molecule has 0 spiro atoms. The number of benzene rings is 1. The van der Waals surface area contributed by atoms with Gasteiger partial charge in [-0.05, 0) is 44.7 Å². The van der Waals surface area contributed by atoms with E-state index in [0.29, 0.717) is 0 Å². The van der Waals surface area contributed by atoms with Crippen molar-refractivity contribution in [3.63, 3.8) is 0 Å². The number of carbonyl (C=O) groups excluding carboxylic acids is 1. The summed E-state index contributed by atoms with van der Waals surface area (Å²) in [5.41, 5.74) is 1.35. The zero-order valence-electron chi connectivity index (χ0n) is 10.6. The normalized spacial score (nSPS) is 11.0. The highest BCUT2D eigenvalue weighted by Gasteiger charge is 1.96. The fourth-order valence-corrected chi connectivity index (χ4v) is 1.59. The van der Waals surface area contributed by atoms with Gasteiger partial charge in [0.05, 0.1) is 0 Å². The van der Waals surface area contributed by atoms with Gasteiger partial charge in [-0.1, -0.05) is 36.4 Å². The van der Waals surface area contributed by atoms with Crippen molar-refractivity contribution in [2.24, 2.45) is 0 Å². The lowest BCUT2D eigenvalue weighted by molar-refractivity contribution is -0.116. The fourth-order valence-electron chi connectivity index (χ4n) is 1.59. The van der Waals surface area contributed by atoms with Crippen LogP contribution in [0.4, 0.5) is 0 Å². The second kappa shape index (κ2) is 7.66. The second-order valence-corrected chi connectivity index (χ2v) is 4.44. The van der Waals surface area contributed by atoms with Crippen LogP contribution in [-0.4, -0.2) is 11.9 Å². The zero-order valence-corrected chi connectivity index (χ0v) is 10.6. The van der Waals surface area contributed by atoms with Crippen molar-refractivity contribution in [1.29, 1.82) is 0 Å². The van der Waals surface area contributed by atoms with Crippen LogP contribution in [0.1, 0.15) is 32.3 Å². The highest BCUT2D eigenvalue weighted by Crippen LogP contribution is 2.04. The van der Waals surface area contributed by atoms with E-state index in [1.54, 1.807) is 6.08 Å². The Morgan fingerprint density at radius 2 is 2.00 bits per heavy atom. The smallest absolute Gasteiger partial charge is 0.243 e. The van der Waals surface area contributed by atoms with E-state index >= 15 is 0 Å². The van der Waals surface area contributed by atoms with Crippen LogP contribution in [0.3, 0.4) is 0 Å². The molecule has 1 aromatic carbocycles. The van der Waals surface area contributed by atoms with Gasteiger partial charge in [-0.15, -0.1) is 0 Å². The number of aryl methyl sites for hydroxylation is 1. The number of unbranched alkanes of at least 4 members (excludes halogenated alkanes) is 1. The van der Waals surface area contributed by atoms with E-state index in [9.17, 15) is 4.79 Å². The Labute approximate surface area is 104 Å². The van der Waals surface area contributed by atoms with Gasteiger partial charge in [-0.25, -0.2) is 0 Å². The highest BCUT2D eigenvalue weighted by molar-refractivity contribution is 5.87. The number of hydrogen-bond acceptors (Lipinski definition) is 1. The van der Waals surface area contributed by atoms with Gasteiger partial charge in [0, 0.05) is 6.04 Å². The summed E-state index contributed by atoms with van der Waals surface area (Å²) < 4.78 is 0. The molecule has 0 aliphatic carbocycles. The number of rotatable bonds is 6. The molecule has 0 heterocycles. The molecule has 0 aromatic heterocycles. The van der Waals surface area contributed by atoms with E-state index in [1.807, 2.05) is 26.0 Å². The first-order valence-corrected chi connectivity index (χ1v) is 6.19. The SMILES string of the molecule is CC(C)NC(=O)C=CCCCc1ccccc1. The zero-order chi connectivity index (χ0) is 12.5. The quantitative estimate of drug-likeness (QED) is 0.591. The third kappa shape index (κ3) is 6.56. The molecular formula is C15H21NO. The van der Waals surface area contributed by atoms with Crippen LogP contribution >= 0.6 is 0 Å². The van der Waals surface area contributed by atoms with Crippen LogP contribution in [-0.2, 0) is 11.2 Å². The third-order valence-electron chi connectivity index (χ3n) is 2.38. The molecule has 1 amide bonds. The Morgan fingerprint density at radius 3 is 2.65 bits per heavy atom. The Balaban J connectivity index is 2.16. The summed E-state index contributed by atoms with van der Waals surface area (Å²) in [5.74, 6) is -0.000267. The van der Waals surface area contributed by atoms with Crippen molar-refractivity contribution >= 4 is 5.91 Å². The maximum atomic E-state index is 11.3. The van der Waals surface area contributed by atoms with Crippen molar-refractivity contribution in [3.8, 4) is 0 Å². The number of hydrogen-bond donors (Lipinski definition) is 1. The van der Waals surface area contributed by atoms with Crippen LogP contribution in [0.25, 0.3) is 0 Å². The van der Waals surface area contributed by atoms with Gasteiger partial charge in [0.2, 0.25) is 5.91 Å². The lowest BCUT2D eigenvalue weighted by atomic mass is 10.1. The second-order valence-electron chi connectivity index (χ2n) is 4.44. The molecule has 0 radical (unpaired) electrons. The first-order chi connectivity index (χ1) is 8.18. The molecule has 0 aliphatic heterocycles. The van der Waals surface area contributed by atoms with Gasteiger partial charge in [-0.2, -0.15) is 0 Å². The maximum absolute atomic E-state index is 11.3. The van der Waals surface area contributed by atoms with Crippen molar-refractivity contribution in [2.45, 2.75) is 39.2 Å². The molecule has 0 saturated heterocycles. The topological polar surface area (TPSA) is 29.1 Å². The fraction of sp³-hybridized carbons (Fsp3) is 0.400. The summed E-state index contributed by atoms with van der Waals surface area (Å²) in [6, 6.07) is 10.6. The first kappa shape index (κ1) is 13.5. The predicted octanol–water partition coefficient (Wildman–Crippen LogP) is 3.09. The van der Waals surface area contributed by atoms with Crippen LogP contribution in [0.2, 0.25) is 0 Å². The molecule has 0 unspecified atom stereocenters. The molecule has 1 rings (SSSR count). The molecule has 92 valence electrons. The molecule has 0 atom stereocenters. The average molecular weight is 231 g/mol. The molecule has 2 heteroatoms. The van der Waals surface area contributed by atoms with Crippen molar-refractivity contribution in [2.75, 3.05) is 0 Å². The van der Waals surface area contributed by atoms with Crippen molar-refractivity contribution in [3.05, 3.63) is 48.0 Å². The van der Waals surface area contributed by atoms with Crippen LogP contribution in [0.5, 0.6) is 0 Å². The molecule has 0 bridgehead atoms. The summed E-state index contributed by atoms with van der Waals surface area (Å²) in [4.78, 5) is 11.3. The molecule has 0 saturated carbocycles. The number of allylic oxidation sites excluding steroid dienone is 1. The van der Waals surface area contributed by atoms with Crippen LogP contribution in [0, 0.1) is 0 Å². The van der Waals surface area contributed by atoms with Crippen molar-refractivity contribution in [1.82, 2.24) is 5.32 Å². The van der Waals surface area contributed by atoms with E-state index in [2.05, 4.69) is 29.6 Å². The van der Waals surface area contributed by atoms with Gasteiger partial charge < -0.3 is 5.32 Å². The van der Waals surface area contributed by atoms with Crippen LogP contribution in [0.15, 0.2) is 42.5 Å². The number of amides is 1. The lowest BCUT2D eigenvalue weighted by Gasteiger charge is -2.04. The van der Waals surface area contributed by atoms with Crippen LogP contribution < -0.4 is 5.32 Å². The van der Waals surface area contributed by atoms with E-state index < -0.39 is 0 Å². The molecule has 2 nitrogen and oxygen atoms in total. The summed E-state index contributed by atoms with van der Waals surface area (Å²) in [7, 11) is 0. The van der Waals surface area contributed by atoms with E-state index in [-0.39, 0.29) is 11.9 Å². The van der Waals surface area contributed by atoms with Gasteiger partial charge in [0.25, 0.3) is 0 Å². The van der Waals surface area contributed by atoms with E-state index in [0.717, 1.165) is 19.3 Å². The first-order valence-electron chi connectivity index (χ1n) is 6.19. The summed E-state index contributed by atoms with van der Waals surface area (Å²) in [5, 5.41) is 2.83. The van der Waals surface area contributed by atoms with Gasteiger partial charge in [0.1, 0.15) is 0 Å². The van der Waals surface area contributed by atoms with E-state index in [1.165, 1.54) is 5.56 Å². The van der Waals surface area contributed by atoms with E-state index in [4.69, 9.17) is 0 Å². The largest absolute Gasteiger partial charge is 0.350 e. The molecular weight excluding hydrogens is 210 g/mol. The summed E-state index contributed by atoms with van der Waals surface area (Å²) >= 11 is 0.